The van der Waals surface area contributed by atoms with Crippen molar-refractivity contribution in [3.63, 3.8) is 0 Å². The molecule has 0 aromatic carbocycles. The van der Waals surface area contributed by atoms with Crippen LogP contribution in [0.5, 0.6) is 0 Å². The smallest absolute Gasteiger partial charge is 0.223 e. The van der Waals surface area contributed by atoms with Crippen molar-refractivity contribution in [1.82, 2.24) is 30.6 Å². The van der Waals surface area contributed by atoms with E-state index in [4.69, 9.17) is 0 Å². The standard InChI is InChI=1S/C17H25N7O/c1-12-4-2-3-5-14(12)18-17(25)13-8-10-23(11-9-13)16-7-6-15-19-21-22-24(15)20-16/h6-7,12-14H,2-5,8-11H2,1H3,(H,18,25). The zero-order valence-electron chi connectivity index (χ0n) is 14.6. The molecule has 2 fully saturated rings. The molecule has 2 aliphatic rings. The van der Waals surface area contributed by atoms with Gasteiger partial charge >= 0.3 is 0 Å². The van der Waals surface area contributed by atoms with E-state index in [0.717, 1.165) is 38.2 Å². The number of carbonyl (C=O) groups is 1. The molecule has 2 aromatic rings. The van der Waals surface area contributed by atoms with E-state index in [2.05, 4.69) is 37.8 Å². The highest BCUT2D eigenvalue weighted by Crippen LogP contribution is 2.26. The van der Waals surface area contributed by atoms with Crippen LogP contribution in [0.4, 0.5) is 5.82 Å². The zero-order chi connectivity index (χ0) is 17.2. The van der Waals surface area contributed by atoms with E-state index in [1.165, 1.54) is 23.9 Å². The number of rotatable bonds is 3. The van der Waals surface area contributed by atoms with Gasteiger partial charge in [-0.3, -0.25) is 4.79 Å². The molecule has 2 aromatic heterocycles. The molecule has 134 valence electrons. The van der Waals surface area contributed by atoms with E-state index in [0.29, 0.717) is 17.6 Å². The van der Waals surface area contributed by atoms with Crippen LogP contribution >= 0.6 is 0 Å². The van der Waals surface area contributed by atoms with Gasteiger partial charge < -0.3 is 10.2 Å². The molecule has 0 radical (unpaired) electrons. The van der Waals surface area contributed by atoms with E-state index in [1.54, 1.807) is 0 Å². The topological polar surface area (TPSA) is 88.3 Å². The van der Waals surface area contributed by atoms with Gasteiger partial charge in [-0.25, -0.2) is 0 Å². The second kappa shape index (κ2) is 6.93. The van der Waals surface area contributed by atoms with Crippen molar-refractivity contribution in [2.45, 2.75) is 51.5 Å². The molecule has 3 heterocycles. The van der Waals surface area contributed by atoms with Gasteiger partial charge in [-0.2, -0.15) is 0 Å². The molecule has 0 bridgehead atoms. The number of hydrogen-bond donors (Lipinski definition) is 1. The molecule has 1 saturated heterocycles. The average molecular weight is 343 g/mol. The van der Waals surface area contributed by atoms with Gasteiger partial charge in [0, 0.05) is 25.0 Å². The van der Waals surface area contributed by atoms with Crippen LogP contribution in [-0.4, -0.2) is 50.3 Å². The molecule has 4 rings (SSSR count). The number of nitrogens with one attached hydrogen (secondary N) is 1. The summed E-state index contributed by atoms with van der Waals surface area (Å²) in [5, 5.41) is 19.1. The lowest BCUT2D eigenvalue weighted by molar-refractivity contribution is -0.126. The summed E-state index contributed by atoms with van der Waals surface area (Å²) in [4.78, 5) is 14.8. The third-order valence-electron chi connectivity index (χ3n) is 5.68. The number of nitrogens with zero attached hydrogens (tertiary/aromatic N) is 6. The van der Waals surface area contributed by atoms with Gasteiger partial charge in [-0.05, 0) is 54.2 Å². The molecular weight excluding hydrogens is 318 g/mol. The van der Waals surface area contributed by atoms with Gasteiger partial charge in [-0.1, -0.05) is 19.8 Å². The van der Waals surface area contributed by atoms with Crippen molar-refractivity contribution in [3.05, 3.63) is 12.1 Å². The van der Waals surface area contributed by atoms with E-state index < -0.39 is 0 Å². The van der Waals surface area contributed by atoms with Crippen LogP contribution < -0.4 is 10.2 Å². The Morgan fingerprint density at radius 3 is 2.76 bits per heavy atom. The first-order valence-electron chi connectivity index (χ1n) is 9.31. The average Bonchev–Trinajstić information content (AvgIpc) is 3.11. The lowest BCUT2D eigenvalue weighted by Crippen LogP contribution is -2.46. The predicted octanol–water partition coefficient (Wildman–Crippen LogP) is 1.43. The van der Waals surface area contributed by atoms with Crippen molar-refractivity contribution in [3.8, 4) is 0 Å². The van der Waals surface area contributed by atoms with Crippen molar-refractivity contribution in [2.24, 2.45) is 11.8 Å². The first kappa shape index (κ1) is 16.2. The lowest BCUT2D eigenvalue weighted by Gasteiger charge is -2.34. The van der Waals surface area contributed by atoms with Crippen molar-refractivity contribution >= 4 is 17.4 Å². The molecule has 1 aliphatic heterocycles. The fourth-order valence-corrected chi connectivity index (χ4v) is 4.01. The highest BCUT2D eigenvalue weighted by molar-refractivity contribution is 5.79. The molecular formula is C17H25N7O. The predicted molar refractivity (Wildman–Crippen MR) is 93.1 cm³/mol. The molecule has 1 N–H and O–H groups in total. The number of anilines is 1. The minimum atomic E-state index is 0.113. The molecule has 25 heavy (non-hydrogen) atoms. The SMILES string of the molecule is CC1CCCCC1NC(=O)C1CCN(c2ccc3nnnn3n2)CC1. The van der Waals surface area contributed by atoms with Gasteiger partial charge in [0.05, 0.1) is 0 Å². The Morgan fingerprint density at radius 1 is 1.16 bits per heavy atom. The van der Waals surface area contributed by atoms with Gasteiger partial charge in [0.2, 0.25) is 5.91 Å². The summed E-state index contributed by atoms with van der Waals surface area (Å²) >= 11 is 0. The number of aromatic nitrogens is 5. The van der Waals surface area contributed by atoms with Gasteiger partial charge in [0.1, 0.15) is 0 Å². The number of fused-ring (bicyclic) bond motifs is 1. The summed E-state index contributed by atoms with van der Waals surface area (Å²) < 4.78 is 1.44. The highest BCUT2D eigenvalue weighted by atomic mass is 16.2. The summed E-state index contributed by atoms with van der Waals surface area (Å²) in [5.74, 6) is 1.81. The Balaban J connectivity index is 1.33. The Kier molecular flexibility index (Phi) is 4.50. The maximum absolute atomic E-state index is 12.6. The van der Waals surface area contributed by atoms with Crippen molar-refractivity contribution in [2.75, 3.05) is 18.0 Å². The van der Waals surface area contributed by atoms with E-state index in [1.807, 2.05) is 12.1 Å². The third-order valence-corrected chi connectivity index (χ3v) is 5.68. The number of amides is 1. The maximum atomic E-state index is 12.6. The van der Waals surface area contributed by atoms with E-state index in [-0.39, 0.29) is 11.8 Å². The number of tetrazole rings is 1. The first-order chi connectivity index (χ1) is 12.2. The van der Waals surface area contributed by atoms with Gasteiger partial charge in [0.15, 0.2) is 11.5 Å². The number of piperidine rings is 1. The van der Waals surface area contributed by atoms with Crippen LogP contribution in [0.25, 0.3) is 5.65 Å². The second-order valence-corrected chi connectivity index (χ2v) is 7.36. The quantitative estimate of drug-likeness (QED) is 0.907. The Bertz CT molecular complexity index is 737. The molecule has 1 amide bonds. The van der Waals surface area contributed by atoms with Crippen LogP contribution in [-0.2, 0) is 4.79 Å². The van der Waals surface area contributed by atoms with Crippen LogP contribution in [0, 0.1) is 11.8 Å². The molecule has 2 atom stereocenters. The molecule has 1 aliphatic carbocycles. The van der Waals surface area contributed by atoms with E-state index in [9.17, 15) is 4.79 Å². The van der Waals surface area contributed by atoms with Crippen LogP contribution in [0.1, 0.15) is 45.4 Å². The summed E-state index contributed by atoms with van der Waals surface area (Å²) in [6.07, 6.45) is 6.62. The minimum Gasteiger partial charge on any atom is -0.355 e. The fraction of sp³-hybridized carbons (Fsp3) is 0.706. The molecule has 1 saturated carbocycles. The number of hydrogen-bond acceptors (Lipinski definition) is 6. The zero-order valence-corrected chi connectivity index (χ0v) is 14.6. The Labute approximate surface area is 147 Å². The van der Waals surface area contributed by atoms with Crippen molar-refractivity contribution in [1.29, 1.82) is 0 Å². The summed E-state index contributed by atoms with van der Waals surface area (Å²) in [5.41, 5.74) is 0.639. The van der Waals surface area contributed by atoms with Gasteiger partial charge in [-0.15, -0.1) is 14.8 Å². The largest absolute Gasteiger partial charge is 0.355 e. The number of carbonyl (C=O) groups excluding carboxylic acids is 1. The Morgan fingerprint density at radius 2 is 1.96 bits per heavy atom. The van der Waals surface area contributed by atoms with E-state index >= 15 is 0 Å². The van der Waals surface area contributed by atoms with Crippen molar-refractivity contribution < 1.29 is 4.79 Å². The summed E-state index contributed by atoms with van der Waals surface area (Å²) in [6.45, 7) is 3.92. The fourth-order valence-electron chi connectivity index (χ4n) is 4.01. The van der Waals surface area contributed by atoms with Crippen LogP contribution in [0.15, 0.2) is 12.1 Å². The van der Waals surface area contributed by atoms with Gasteiger partial charge in [0.25, 0.3) is 0 Å². The van der Waals surface area contributed by atoms with Crippen LogP contribution in [0.2, 0.25) is 0 Å². The monoisotopic (exact) mass is 343 g/mol. The van der Waals surface area contributed by atoms with Crippen LogP contribution in [0.3, 0.4) is 0 Å². The molecule has 0 spiro atoms. The molecule has 8 heteroatoms. The highest BCUT2D eigenvalue weighted by Gasteiger charge is 2.29. The molecule has 2 unspecified atom stereocenters. The lowest BCUT2D eigenvalue weighted by atomic mass is 9.85. The normalized spacial score (nSPS) is 25.2. The Hall–Kier alpha value is -2.25. The summed E-state index contributed by atoms with van der Waals surface area (Å²) in [6, 6.07) is 4.17. The third kappa shape index (κ3) is 3.43. The first-order valence-corrected chi connectivity index (χ1v) is 9.31. The minimum absolute atomic E-state index is 0.113. The molecule has 8 nitrogen and oxygen atoms in total. The maximum Gasteiger partial charge on any atom is 0.223 e. The summed E-state index contributed by atoms with van der Waals surface area (Å²) in [7, 11) is 0. The second-order valence-electron chi connectivity index (χ2n) is 7.36.